The van der Waals surface area contributed by atoms with Crippen molar-refractivity contribution in [3.05, 3.63) is 281 Å². The monoisotopic (exact) mass is 862 g/mol. The highest BCUT2D eigenvalue weighted by molar-refractivity contribution is 5.88. The molecule has 13 rings (SSSR count). The van der Waals surface area contributed by atoms with Crippen LogP contribution >= 0.6 is 0 Å². The van der Waals surface area contributed by atoms with Crippen LogP contribution in [0.4, 0.5) is 0 Å². The summed E-state index contributed by atoms with van der Waals surface area (Å²) in [6.07, 6.45) is 15.6. The van der Waals surface area contributed by atoms with Crippen LogP contribution in [0, 0.1) is 6.33 Å². The fourth-order valence-corrected chi connectivity index (χ4v) is 12.0. The van der Waals surface area contributed by atoms with Crippen LogP contribution in [-0.4, -0.2) is 24.5 Å². The molecule has 0 radical (unpaired) electrons. The Kier molecular flexibility index (Phi) is 8.33. The lowest BCUT2D eigenvalue weighted by Gasteiger charge is -2.37. The maximum absolute atomic E-state index is 5.42. The van der Waals surface area contributed by atoms with E-state index in [1.165, 1.54) is 33.4 Å². The maximum Gasteiger partial charge on any atom is 0.205 e. The van der Waals surface area contributed by atoms with Gasteiger partial charge in [0.2, 0.25) is 6.33 Å². The number of hydrogen-bond donors (Lipinski definition) is 0. The Labute approximate surface area is 391 Å². The molecular formula is C61H46N6. The molecule has 0 bridgehead atoms. The summed E-state index contributed by atoms with van der Waals surface area (Å²) in [6, 6.07) is 62.2. The van der Waals surface area contributed by atoms with Crippen molar-refractivity contribution in [2.24, 2.45) is 7.05 Å². The van der Waals surface area contributed by atoms with Gasteiger partial charge in [0, 0.05) is 52.6 Å². The summed E-state index contributed by atoms with van der Waals surface area (Å²) in [5, 5.41) is 0. The van der Waals surface area contributed by atoms with E-state index in [9.17, 15) is 0 Å². The van der Waals surface area contributed by atoms with Gasteiger partial charge in [-0.1, -0.05) is 154 Å². The fraction of sp³-hybridized carbons (Fsp3) is 0.131. The quantitative estimate of drug-likeness (QED) is 0.123. The van der Waals surface area contributed by atoms with Crippen molar-refractivity contribution in [3.8, 4) is 33.4 Å². The predicted octanol–water partition coefficient (Wildman–Crippen LogP) is 11.5. The molecule has 6 nitrogen and oxygen atoms in total. The van der Waals surface area contributed by atoms with Gasteiger partial charge in [0.05, 0.1) is 29.5 Å². The van der Waals surface area contributed by atoms with Crippen LogP contribution in [0.5, 0.6) is 0 Å². The zero-order valence-electron chi connectivity index (χ0n) is 37.8. The Morgan fingerprint density at radius 3 is 1.52 bits per heavy atom. The number of imidazole rings is 1. The number of aryl methyl sites for hydroxylation is 1. The van der Waals surface area contributed by atoms with Gasteiger partial charge in [-0.15, -0.1) is 0 Å². The standard InChI is InChI=1S/C61H46N6/c1-58(2,3)40-29-33-62-54(38-40)60(52-27-9-6-21-46(52)49-24-14-31-64-56(49)60)43-18-11-16-41(36-43)59(51-26-8-5-20-45(51)48-23-13-30-63-55(48)59)42-17-12-19-44(37-42)61(67-35-34-66(4)39-67)53-28-10-7-22-47(53)50-25-15-32-65-57(50)61/h5-38H,1-4H3. The molecule has 0 fully saturated rings. The third-order valence-corrected chi connectivity index (χ3v) is 14.8. The molecule has 0 aliphatic heterocycles. The highest BCUT2D eigenvalue weighted by Gasteiger charge is 2.54. The molecule has 0 N–H and O–H groups in total. The first-order valence-corrected chi connectivity index (χ1v) is 23.1. The molecule has 67 heavy (non-hydrogen) atoms. The van der Waals surface area contributed by atoms with E-state index in [-0.39, 0.29) is 5.41 Å². The number of nitrogens with zero attached hydrogens (tertiary/aromatic N) is 6. The van der Waals surface area contributed by atoms with Crippen LogP contribution in [0.2, 0.25) is 0 Å². The Morgan fingerprint density at radius 2 is 0.925 bits per heavy atom. The minimum absolute atomic E-state index is 0.104. The van der Waals surface area contributed by atoms with Gasteiger partial charge in [-0.3, -0.25) is 19.9 Å². The fourth-order valence-electron chi connectivity index (χ4n) is 12.0. The van der Waals surface area contributed by atoms with Crippen LogP contribution in [-0.2, 0) is 28.8 Å². The molecule has 5 aromatic heterocycles. The van der Waals surface area contributed by atoms with E-state index in [2.05, 4.69) is 208 Å². The number of pyridine rings is 4. The second-order valence-corrected chi connectivity index (χ2v) is 19.3. The van der Waals surface area contributed by atoms with Gasteiger partial charge in [-0.05, 0) is 104 Å². The van der Waals surface area contributed by atoms with Crippen LogP contribution in [0.25, 0.3) is 33.4 Å². The number of hydrogen-bond acceptors (Lipinski definition) is 4. The first-order chi connectivity index (χ1) is 32.8. The lowest BCUT2D eigenvalue weighted by Crippen LogP contribution is -2.38. The van der Waals surface area contributed by atoms with Crippen molar-refractivity contribution in [2.45, 2.75) is 42.6 Å². The Balaban J connectivity index is 1.13. The lowest BCUT2D eigenvalue weighted by atomic mass is 9.65. The molecule has 0 amide bonds. The SMILES string of the molecule is C[n+]1[c-]n(C2(c3cccc(C4(c5cccc(C6(c7cc(C(C)(C)C)ccn7)c7ccccc7-c7cccnc76)c5)c5ccccc5-c5cccnc54)c3)c3ccccc3-c3cccnc32)cc1. The first-order valence-electron chi connectivity index (χ1n) is 23.1. The number of fused-ring (bicyclic) bond motifs is 9. The van der Waals surface area contributed by atoms with Crippen molar-refractivity contribution in [1.29, 1.82) is 0 Å². The van der Waals surface area contributed by atoms with Crippen LogP contribution < -0.4 is 4.57 Å². The van der Waals surface area contributed by atoms with Gasteiger partial charge in [0.25, 0.3) is 0 Å². The van der Waals surface area contributed by atoms with Gasteiger partial charge in [-0.25, -0.2) is 0 Å². The van der Waals surface area contributed by atoms with Crippen molar-refractivity contribution < 1.29 is 4.57 Å². The first kappa shape index (κ1) is 39.3. The average molecular weight is 863 g/mol. The number of rotatable bonds is 6. The molecule has 5 heterocycles. The van der Waals surface area contributed by atoms with Gasteiger partial charge in [0.1, 0.15) is 11.1 Å². The molecule has 3 unspecified atom stereocenters. The van der Waals surface area contributed by atoms with Crippen molar-refractivity contribution in [3.63, 3.8) is 0 Å². The minimum atomic E-state index is -0.844. The third kappa shape index (κ3) is 5.18. The van der Waals surface area contributed by atoms with E-state index in [0.29, 0.717) is 0 Å². The van der Waals surface area contributed by atoms with Crippen molar-refractivity contribution in [1.82, 2.24) is 24.5 Å². The van der Waals surface area contributed by atoms with Crippen molar-refractivity contribution >= 4 is 0 Å². The molecule has 320 valence electrons. The van der Waals surface area contributed by atoms with Crippen LogP contribution in [0.15, 0.2) is 207 Å². The topological polar surface area (TPSA) is 60.4 Å². The Bertz CT molecular complexity index is 3490. The highest BCUT2D eigenvalue weighted by Crippen LogP contribution is 2.60. The number of benzene rings is 5. The maximum atomic E-state index is 5.42. The van der Waals surface area contributed by atoms with E-state index >= 15 is 0 Å². The zero-order chi connectivity index (χ0) is 45.1. The summed E-state index contributed by atoms with van der Waals surface area (Å²) in [5.41, 5.74) is 17.3. The molecule has 3 aliphatic rings. The normalized spacial score (nSPS) is 19.5. The van der Waals surface area contributed by atoms with E-state index in [1.807, 2.05) is 42.5 Å². The molecule has 3 atom stereocenters. The molecule has 5 aromatic carbocycles. The Hall–Kier alpha value is -8.09. The largest absolute Gasteiger partial charge is 0.354 e. The second kappa shape index (κ2) is 14.2. The van der Waals surface area contributed by atoms with Gasteiger partial charge in [-0.2, -0.15) is 0 Å². The average Bonchev–Trinajstić information content (AvgIpc) is 4.11. The lowest BCUT2D eigenvalue weighted by molar-refractivity contribution is -0.675. The van der Waals surface area contributed by atoms with E-state index < -0.39 is 16.4 Å². The molecule has 3 aliphatic carbocycles. The molecule has 6 heteroatoms. The predicted molar refractivity (Wildman–Crippen MR) is 263 cm³/mol. The van der Waals surface area contributed by atoms with E-state index in [4.69, 9.17) is 19.9 Å². The van der Waals surface area contributed by atoms with Crippen LogP contribution in [0.1, 0.15) is 88.1 Å². The summed E-state index contributed by atoms with van der Waals surface area (Å²) in [5.74, 6) is 0. The molecule has 0 saturated heterocycles. The summed E-state index contributed by atoms with van der Waals surface area (Å²) >= 11 is 0. The zero-order valence-corrected chi connectivity index (χ0v) is 37.8. The molecule has 10 aromatic rings. The molecule has 0 spiro atoms. The molecule has 0 saturated carbocycles. The number of aromatic nitrogens is 6. The summed E-state index contributed by atoms with van der Waals surface area (Å²) in [6.45, 7) is 6.81. The smallest absolute Gasteiger partial charge is 0.205 e. The minimum Gasteiger partial charge on any atom is -0.354 e. The second-order valence-electron chi connectivity index (χ2n) is 19.3. The highest BCUT2D eigenvalue weighted by atomic mass is 15.2. The summed E-state index contributed by atoms with van der Waals surface area (Å²) in [7, 11) is 2.03. The molecular weight excluding hydrogens is 817 g/mol. The van der Waals surface area contributed by atoms with Gasteiger partial charge >= 0.3 is 0 Å². The third-order valence-electron chi connectivity index (χ3n) is 14.8. The van der Waals surface area contributed by atoms with Crippen molar-refractivity contribution in [2.75, 3.05) is 0 Å². The summed E-state index contributed by atoms with van der Waals surface area (Å²) < 4.78 is 4.21. The Morgan fingerprint density at radius 1 is 0.448 bits per heavy atom. The van der Waals surface area contributed by atoms with Gasteiger partial charge < -0.3 is 9.13 Å². The van der Waals surface area contributed by atoms with Gasteiger partial charge in [0.15, 0.2) is 5.54 Å². The van der Waals surface area contributed by atoms with Crippen LogP contribution in [0.3, 0.4) is 0 Å². The van der Waals surface area contributed by atoms with E-state index in [1.54, 1.807) is 0 Å². The van der Waals surface area contributed by atoms with E-state index in [0.717, 1.165) is 67.3 Å². The summed E-state index contributed by atoms with van der Waals surface area (Å²) in [4.78, 5) is 21.3.